The third kappa shape index (κ3) is 5.18. The molecule has 0 bridgehead atoms. The van der Waals surface area contributed by atoms with E-state index in [1.165, 1.54) is 25.7 Å². The van der Waals surface area contributed by atoms with Crippen LogP contribution in [0.2, 0.25) is 0 Å². The van der Waals surface area contributed by atoms with E-state index in [4.69, 9.17) is 10.7 Å². The second-order valence-electron chi connectivity index (χ2n) is 6.93. The number of nitrogens with one attached hydrogen (secondary N) is 1. The monoisotopic (exact) mass is 292 g/mol. The van der Waals surface area contributed by atoms with Gasteiger partial charge in [0.1, 0.15) is 17.5 Å². The van der Waals surface area contributed by atoms with Crippen molar-refractivity contribution in [3.05, 3.63) is 11.4 Å². The van der Waals surface area contributed by atoms with Crippen LogP contribution in [0, 0.1) is 6.92 Å². The zero-order valence-corrected chi connectivity index (χ0v) is 14.6. The third-order valence-electron chi connectivity index (χ3n) is 3.74. The van der Waals surface area contributed by atoms with Crippen molar-refractivity contribution in [1.82, 2.24) is 9.97 Å². The van der Waals surface area contributed by atoms with E-state index in [2.05, 4.69) is 44.9 Å². The standard InChI is InChI=1S/C17H32N4/c1-7-9-11-13(10-8-2)19-15-12(3)14(18)20-16(21-15)17(4,5)6/h13H,7-11H2,1-6H3,(H3,18,19,20,21). The molecule has 0 aliphatic rings. The van der Waals surface area contributed by atoms with Gasteiger partial charge in [-0.1, -0.05) is 53.9 Å². The summed E-state index contributed by atoms with van der Waals surface area (Å²) in [5.74, 6) is 2.30. The highest BCUT2D eigenvalue weighted by Gasteiger charge is 2.21. The lowest BCUT2D eigenvalue weighted by Crippen LogP contribution is -2.24. The summed E-state index contributed by atoms with van der Waals surface area (Å²) in [5.41, 5.74) is 6.94. The molecule has 0 aliphatic heterocycles. The minimum absolute atomic E-state index is 0.0953. The van der Waals surface area contributed by atoms with Crippen molar-refractivity contribution >= 4 is 11.6 Å². The van der Waals surface area contributed by atoms with E-state index in [-0.39, 0.29) is 5.41 Å². The molecule has 0 aliphatic carbocycles. The second kappa shape index (κ2) is 7.62. The Morgan fingerprint density at radius 1 is 1.10 bits per heavy atom. The number of hydrogen-bond donors (Lipinski definition) is 2. The Morgan fingerprint density at radius 3 is 2.29 bits per heavy atom. The first-order valence-corrected chi connectivity index (χ1v) is 8.20. The van der Waals surface area contributed by atoms with Crippen LogP contribution >= 0.6 is 0 Å². The lowest BCUT2D eigenvalue weighted by atomic mass is 9.95. The van der Waals surface area contributed by atoms with Crippen LogP contribution in [0.15, 0.2) is 0 Å². The predicted octanol–water partition coefficient (Wildman–Crippen LogP) is 4.44. The van der Waals surface area contributed by atoms with Crippen LogP contribution in [0.4, 0.5) is 11.6 Å². The smallest absolute Gasteiger partial charge is 0.138 e. The van der Waals surface area contributed by atoms with Crippen molar-refractivity contribution in [2.45, 2.75) is 85.1 Å². The molecule has 0 fully saturated rings. The number of nitrogens with zero attached hydrogens (tertiary/aromatic N) is 2. The molecule has 0 radical (unpaired) electrons. The Hall–Kier alpha value is -1.32. The average Bonchev–Trinajstić information content (AvgIpc) is 2.39. The van der Waals surface area contributed by atoms with Gasteiger partial charge in [-0.15, -0.1) is 0 Å². The van der Waals surface area contributed by atoms with Crippen LogP contribution in [0.1, 0.15) is 78.1 Å². The van der Waals surface area contributed by atoms with E-state index < -0.39 is 0 Å². The normalized spacial score (nSPS) is 13.2. The van der Waals surface area contributed by atoms with Crippen molar-refractivity contribution in [2.24, 2.45) is 0 Å². The van der Waals surface area contributed by atoms with Crippen LogP contribution in [-0.4, -0.2) is 16.0 Å². The van der Waals surface area contributed by atoms with Crippen molar-refractivity contribution < 1.29 is 0 Å². The molecule has 1 unspecified atom stereocenters. The summed E-state index contributed by atoms with van der Waals surface area (Å²) in [7, 11) is 0. The van der Waals surface area contributed by atoms with Crippen LogP contribution in [0.25, 0.3) is 0 Å². The molecule has 21 heavy (non-hydrogen) atoms. The minimum Gasteiger partial charge on any atom is -0.383 e. The van der Waals surface area contributed by atoms with Gasteiger partial charge in [0.25, 0.3) is 0 Å². The molecular formula is C17H32N4. The summed E-state index contributed by atoms with van der Waals surface area (Å²) in [6.07, 6.45) is 5.98. The van der Waals surface area contributed by atoms with Gasteiger partial charge in [0, 0.05) is 17.0 Å². The fourth-order valence-electron chi connectivity index (χ4n) is 2.29. The lowest BCUT2D eigenvalue weighted by Gasteiger charge is -2.23. The number of hydrogen-bond acceptors (Lipinski definition) is 4. The topological polar surface area (TPSA) is 63.8 Å². The molecule has 0 saturated heterocycles. The molecule has 0 spiro atoms. The average molecular weight is 292 g/mol. The predicted molar refractivity (Wildman–Crippen MR) is 91.7 cm³/mol. The van der Waals surface area contributed by atoms with E-state index in [1.54, 1.807) is 0 Å². The molecular weight excluding hydrogens is 260 g/mol. The SMILES string of the molecule is CCCCC(CCC)Nc1nc(C(C)(C)C)nc(N)c1C. The highest BCUT2D eigenvalue weighted by molar-refractivity contribution is 5.55. The fraction of sp³-hybridized carbons (Fsp3) is 0.765. The summed E-state index contributed by atoms with van der Waals surface area (Å²) < 4.78 is 0. The van der Waals surface area contributed by atoms with Crippen molar-refractivity contribution in [1.29, 1.82) is 0 Å². The maximum absolute atomic E-state index is 6.08. The summed E-state index contributed by atoms with van der Waals surface area (Å²) in [6, 6.07) is 0.468. The number of unbranched alkanes of at least 4 members (excludes halogenated alkanes) is 1. The number of rotatable bonds is 7. The summed E-state index contributed by atoms with van der Waals surface area (Å²) in [4.78, 5) is 9.18. The van der Waals surface area contributed by atoms with Crippen molar-refractivity contribution in [3.63, 3.8) is 0 Å². The van der Waals surface area contributed by atoms with Crippen LogP contribution in [0.5, 0.6) is 0 Å². The fourth-order valence-corrected chi connectivity index (χ4v) is 2.29. The molecule has 4 heteroatoms. The molecule has 0 amide bonds. The van der Waals surface area contributed by atoms with Crippen molar-refractivity contribution in [2.75, 3.05) is 11.1 Å². The van der Waals surface area contributed by atoms with Gasteiger partial charge >= 0.3 is 0 Å². The van der Waals surface area contributed by atoms with E-state index in [0.717, 1.165) is 23.6 Å². The van der Waals surface area contributed by atoms with E-state index in [0.29, 0.717) is 11.9 Å². The van der Waals surface area contributed by atoms with Crippen LogP contribution in [0.3, 0.4) is 0 Å². The third-order valence-corrected chi connectivity index (χ3v) is 3.74. The van der Waals surface area contributed by atoms with Gasteiger partial charge in [0.2, 0.25) is 0 Å². The number of anilines is 2. The first kappa shape index (κ1) is 17.7. The first-order valence-electron chi connectivity index (χ1n) is 8.20. The molecule has 0 aromatic carbocycles. The molecule has 1 rings (SSSR count). The van der Waals surface area contributed by atoms with Crippen LogP contribution in [-0.2, 0) is 5.41 Å². The quantitative estimate of drug-likeness (QED) is 0.780. The molecule has 3 N–H and O–H groups in total. The molecule has 4 nitrogen and oxygen atoms in total. The van der Waals surface area contributed by atoms with Crippen molar-refractivity contribution in [3.8, 4) is 0 Å². The maximum atomic E-state index is 6.08. The molecule has 0 saturated carbocycles. The van der Waals surface area contributed by atoms with Gasteiger partial charge in [0.05, 0.1) is 0 Å². The molecule has 1 atom stereocenters. The lowest BCUT2D eigenvalue weighted by molar-refractivity contribution is 0.540. The summed E-state index contributed by atoms with van der Waals surface area (Å²) in [6.45, 7) is 12.8. The molecule has 1 heterocycles. The zero-order valence-electron chi connectivity index (χ0n) is 14.6. The highest BCUT2D eigenvalue weighted by Crippen LogP contribution is 2.26. The Kier molecular flexibility index (Phi) is 6.43. The number of nitrogens with two attached hydrogens (primary N) is 1. The second-order valence-corrected chi connectivity index (χ2v) is 6.93. The number of aromatic nitrogens is 2. The zero-order chi connectivity index (χ0) is 16.0. The Bertz CT molecular complexity index is 449. The maximum Gasteiger partial charge on any atom is 0.138 e. The number of nitrogen functional groups attached to an aromatic ring is 1. The Morgan fingerprint density at radius 2 is 1.76 bits per heavy atom. The van der Waals surface area contributed by atoms with Gasteiger partial charge in [0.15, 0.2) is 0 Å². The molecule has 1 aromatic heterocycles. The Labute approximate surface area is 130 Å². The van der Waals surface area contributed by atoms with Gasteiger partial charge in [-0.3, -0.25) is 0 Å². The summed E-state index contributed by atoms with van der Waals surface area (Å²) in [5, 5.41) is 3.61. The highest BCUT2D eigenvalue weighted by atomic mass is 15.1. The van der Waals surface area contributed by atoms with Gasteiger partial charge in [-0.25, -0.2) is 9.97 Å². The molecule has 1 aromatic rings. The summed E-state index contributed by atoms with van der Waals surface area (Å²) >= 11 is 0. The minimum atomic E-state index is -0.0953. The van der Waals surface area contributed by atoms with E-state index in [9.17, 15) is 0 Å². The first-order chi connectivity index (χ1) is 9.79. The van der Waals surface area contributed by atoms with Gasteiger partial charge in [-0.2, -0.15) is 0 Å². The Balaban J connectivity index is 3.01. The van der Waals surface area contributed by atoms with Crippen LogP contribution < -0.4 is 11.1 Å². The van der Waals surface area contributed by atoms with E-state index in [1.807, 2.05) is 6.92 Å². The molecule has 120 valence electrons. The van der Waals surface area contributed by atoms with Gasteiger partial charge in [-0.05, 0) is 19.8 Å². The van der Waals surface area contributed by atoms with Gasteiger partial charge < -0.3 is 11.1 Å². The van der Waals surface area contributed by atoms with E-state index >= 15 is 0 Å². The largest absolute Gasteiger partial charge is 0.383 e.